The maximum atomic E-state index is 9.14. The van der Waals surface area contributed by atoms with Gasteiger partial charge in [0.2, 0.25) is 0 Å². The first-order valence-electron chi connectivity index (χ1n) is 4.89. The summed E-state index contributed by atoms with van der Waals surface area (Å²) >= 11 is 5.84. The molecule has 2 aromatic rings. The molecule has 0 fully saturated rings. The molecule has 2 aromatic heterocycles. The molecule has 0 saturated carbocycles. The van der Waals surface area contributed by atoms with Crippen molar-refractivity contribution in [1.29, 1.82) is 5.26 Å². The second-order valence-corrected chi connectivity index (χ2v) is 4.03. The third kappa shape index (κ3) is 1.83. The number of nitrogens with zero attached hydrogens (tertiary/aromatic N) is 4. The molecular weight excluding hydrogens is 238 g/mol. The summed E-state index contributed by atoms with van der Waals surface area (Å²) in [4.78, 5) is 3.88. The summed E-state index contributed by atoms with van der Waals surface area (Å²) in [5, 5.41) is 13.7. The van der Waals surface area contributed by atoms with Gasteiger partial charge in [-0.3, -0.25) is 4.68 Å². The normalized spacial score (nSPS) is 10.2. The highest BCUT2D eigenvalue weighted by Gasteiger charge is 2.17. The Morgan fingerprint density at radius 1 is 1.53 bits per heavy atom. The van der Waals surface area contributed by atoms with Crippen LogP contribution in [0.25, 0.3) is 11.3 Å². The van der Waals surface area contributed by atoms with E-state index in [1.807, 2.05) is 0 Å². The zero-order valence-electron chi connectivity index (χ0n) is 9.40. The molecule has 0 aromatic carbocycles. The molecule has 0 radical (unpaired) electrons. The number of nitrogen functional groups attached to an aromatic ring is 1. The van der Waals surface area contributed by atoms with Gasteiger partial charge in [0.15, 0.2) is 0 Å². The molecule has 2 rings (SSSR count). The van der Waals surface area contributed by atoms with Crippen molar-refractivity contribution in [3.63, 3.8) is 0 Å². The van der Waals surface area contributed by atoms with Crippen LogP contribution < -0.4 is 5.73 Å². The third-order valence-corrected chi connectivity index (χ3v) is 2.70. The number of hydrogen-bond acceptors (Lipinski definition) is 4. The highest BCUT2D eigenvalue weighted by molar-refractivity contribution is 6.29. The van der Waals surface area contributed by atoms with Crippen LogP contribution in [0.4, 0.5) is 5.69 Å². The van der Waals surface area contributed by atoms with Crippen LogP contribution in [0.15, 0.2) is 12.3 Å². The van der Waals surface area contributed by atoms with Gasteiger partial charge >= 0.3 is 0 Å². The molecule has 2 heterocycles. The zero-order chi connectivity index (χ0) is 12.6. The molecule has 0 unspecified atom stereocenters. The summed E-state index contributed by atoms with van der Waals surface area (Å²) in [5.41, 5.74) is 8.81. The van der Waals surface area contributed by atoms with Crippen molar-refractivity contribution in [3.8, 4) is 17.3 Å². The number of anilines is 1. The lowest BCUT2D eigenvalue weighted by atomic mass is 10.1. The Balaban J connectivity index is 2.77. The lowest BCUT2D eigenvalue weighted by Crippen LogP contribution is -1.99. The summed E-state index contributed by atoms with van der Waals surface area (Å²) in [6.45, 7) is 1.78. The predicted octanol–water partition coefficient (Wildman–Crippen LogP) is 1.90. The van der Waals surface area contributed by atoms with E-state index < -0.39 is 0 Å². The van der Waals surface area contributed by atoms with Crippen molar-refractivity contribution in [2.24, 2.45) is 7.05 Å². The minimum atomic E-state index is 0.331. The Kier molecular flexibility index (Phi) is 2.74. The summed E-state index contributed by atoms with van der Waals surface area (Å²) < 4.78 is 1.62. The molecule has 0 bridgehead atoms. The molecule has 0 aliphatic heterocycles. The van der Waals surface area contributed by atoms with Gasteiger partial charge in [0.05, 0.1) is 23.3 Å². The second-order valence-electron chi connectivity index (χ2n) is 3.64. The summed E-state index contributed by atoms with van der Waals surface area (Å²) in [6.07, 6.45) is 1.47. The van der Waals surface area contributed by atoms with E-state index >= 15 is 0 Å². The topological polar surface area (TPSA) is 80.5 Å². The van der Waals surface area contributed by atoms with Gasteiger partial charge in [0.1, 0.15) is 16.8 Å². The average Bonchev–Trinajstić information content (AvgIpc) is 2.56. The van der Waals surface area contributed by atoms with Crippen LogP contribution >= 0.6 is 11.6 Å². The van der Waals surface area contributed by atoms with Gasteiger partial charge in [0, 0.05) is 12.6 Å². The van der Waals surface area contributed by atoms with Crippen LogP contribution in [0.1, 0.15) is 11.3 Å². The van der Waals surface area contributed by atoms with Crippen molar-refractivity contribution < 1.29 is 0 Å². The van der Waals surface area contributed by atoms with Gasteiger partial charge in [-0.25, -0.2) is 4.98 Å². The monoisotopic (exact) mass is 247 g/mol. The van der Waals surface area contributed by atoms with E-state index in [9.17, 15) is 0 Å². The molecule has 0 atom stereocenters. The number of aromatic nitrogens is 3. The average molecular weight is 248 g/mol. The molecule has 0 amide bonds. The highest BCUT2D eigenvalue weighted by Crippen LogP contribution is 2.30. The van der Waals surface area contributed by atoms with E-state index in [0.717, 1.165) is 0 Å². The quantitative estimate of drug-likeness (QED) is 0.781. The van der Waals surface area contributed by atoms with Crippen LogP contribution in [-0.2, 0) is 7.05 Å². The van der Waals surface area contributed by atoms with Gasteiger partial charge in [0.25, 0.3) is 0 Å². The number of aryl methyl sites for hydroxylation is 2. The minimum absolute atomic E-state index is 0.331. The molecular formula is C11H10ClN5. The molecule has 0 aliphatic rings. The molecule has 2 N–H and O–H groups in total. The van der Waals surface area contributed by atoms with Gasteiger partial charge in [-0.15, -0.1) is 0 Å². The van der Waals surface area contributed by atoms with E-state index in [0.29, 0.717) is 33.4 Å². The first-order chi connectivity index (χ1) is 8.04. The maximum absolute atomic E-state index is 9.14. The fourth-order valence-corrected chi connectivity index (χ4v) is 1.90. The van der Waals surface area contributed by atoms with E-state index in [1.54, 1.807) is 24.7 Å². The number of pyridine rings is 1. The Bertz CT molecular complexity index is 624. The molecule has 86 valence electrons. The van der Waals surface area contributed by atoms with Crippen LogP contribution in [0.3, 0.4) is 0 Å². The van der Waals surface area contributed by atoms with Gasteiger partial charge in [-0.1, -0.05) is 11.6 Å². The van der Waals surface area contributed by atoms with Crippen LogP contribution in [0, 0.1) is 18.3 Å². The standard InChI is InChI=1S/C11H10ClN5/c1-6-8(4-13)11(17(2)16-6)7-3-10(12)15-5-9(7)14/h3,5H,14H2,1-2H3. The molecule has 0 spiro atoms. The Hall–Kier alpha value is -2.06. The first kappa shape index (κ1) is 11.4. The van der Waals surface area contributed by atoms with Gasteiger partial charge in [-0.05, 0) is 13.0 Å². The summed E-state index contributed by atoms with van der Waals surface area (Å²) in [6, 6.07) is 3.76. The summed E-state index contributed by atoms with van der Waals surface area (Å²) in [7, 11) is 1.76. The number of nitrogens with two attached hydrogens (primary N) is 1. The van der Waals surface area contributed by atoms with Gasteiger partial charge in [-0.2, -0.15) is 10.4 Å². The highest BCUT2D eigenvalue weighted by atomic mass is 35.5. The molecule has 6 heteroatoms. The smallest absolute Gasteiger partial charge is 0.129 e. The number of nitriles is 1. The van der Waals surface area contributed by atoms with Crippen molar-refractivity contribution in [2.45, 2.75) is 6.92 Å². The Morgan fingerprint density at radius 3 is 2.88 bits per heavy atom. The third-order valence-electron chi connectivity index (χ3n) is 2.49. The van der Waals surface area contributed by atoms with Crippen molar-refractivity contribution >= 4 is 17.3 Å². The Morgan fingerprint density at radius 2 is 2.24 bits per heavy atom. The second kappa shape index (κ2) is 4.07. The van der Waals surface area contributed by atoms with Crippen molar-refractivity contribution in [3.05, 3.63) is 28.7 Å². The van der Waals surface area contributed by atoms with Crippen molar-refractivity contribution in [1.82, 2.24) is 14.8 Å². The van der Waals surface area contributed by atoms with E-state index in [-0.39, 0.29) is 0 Å². The SMILES string of the molecule is Cc1nn(C)c(-c2cc(Cl)ncc2N)c1C#N. The minimum Gasteiger partial charge on any atom is -0.397 e. The van der Waals surface area contributed by atoms with E-state index in [4.69, 9.17) is 22.6 Å². The molecule has 17 heavy (non-hydrogen) atoms. The number of halogens is 1. The maximum Gasteiger partial charge on any atom is 0.129 e. The van der Waals surface area contributed by atoms with Crippen molar-refractivity contribution in [2.75, 3.05) is 5.73 Å². The number of rotatable bonds is 1. The van der Waals surface area contributed by atoms with Crippen LogP contribution in [0.5, 0.6) is 0 Å². The van der Waals surface area contributed by atoms with E-state index in [1.165, 1.54) is 6.20 Å². The van der Waals surface area contributed by atoms with Crippen LogP contribution in [0.2, 0.25) is 5.15 Å². The summed E-state index contributed by atoms with van der Waals surface area (Å²) in [5.74, 6) is 0. The fraction of sp³-hybridized carbons (Fsp3) is 0.182. The zero-order valence-corrected chi connectivity index (χ0v) is 10.2. The van der Waals surface area contributed by atoms with E-state index in [2.05, 4.69) is 16.2 Å². The largest absolute Gasteiger partial charge is 0.397 e. The first-order valence-corrected chi connectivity index (χ1v) is 5.27. The molecule has 0 saturated heterocycles. The van der Waals surface area contributed by atoms with Gasteiger partial charge < -0.3 is 5.73 Å². The molecule has 0 aliphatic carbocycles. The lowest BCUT2D eigenvalue weighted by Gasteiger charge is -2.06. The fourth-order valence-electron chi connectivity index (χ4n) is 1.75. The number of hydrogen-bond donors (Lipinski definition) is 1. The molecule has 5 nitrogen and oxygen atoms in total. The lowest BCUT2D eigenvalue weighted by molar-refractivity contribution is 0.764. The predicted molar refractivity (Wildman–Crippen MR) is 65.3 cm³/mol. The van der Waals surface area contributed by atoms with Crippen LogP contribution in [-0.4, -0.2) is 14.8 Å². The Labute approximate surface area is 103 Å².